The molecule has 49 valence electrons. The van der Waals surface area contributed by atoms with Gasteiger partial charge < -0.3 is 4.90 Å². The second-order valence-corrected chi connectivity index (χ2v) is 3.40. The third-order valence-corrected chi connectivity index (χ3v) is 0.744. The first kappa shape index (κ1) is 7.96. The number of nitrogens with zero attached hydrogens (tertiary/aromatic N) is 1. The van der Waals surface area contributed by atoms with Gasteiger partial charge in [-0.2, -0.15) is 0 Å². The lowest BCUT2D eigenvalue weighted by Crippen LogP contribution is -2.25. The number of rotatable bonds is 2. The molecule has 0 aromatic heterocycles. The van der Waals surface area contributed by atoms with Crippen LogP contribution in [-0.4, -0.2) is 25.5 Å². The molecule has 8 heavy (non-hydrogen) atoms. The molecule has 1 radical (unpaired) electrons. The van der Waals surface area contributed by atoms with E-state index in [2.05, 4.69) is 39.8 Å². The average Bonchev–Trinajstić information content (AvgIpc) is 1.21. The van der Waals surface area contributed by atoms with E-state index in [1.807, 2.05) is 0 Å². The normalized spacial score (nSPS) is 12.8. The standard InChI is InChI=1S/C7H16N/c1-7(2,3)6-8(4)5/h1,6H2,2-5H3. The van der Waals surface area contributed by atoms with Crippen LogP contribution in [0.15, 0.2) is 0 Å². The lowest BCUT2D eigenvalue weighted by Gasteiger charge is -2.22. The molecule has 0 saturated heterocycles. The fraction of sp³-hybridized carbons (Fsp3) is 0.857. The highest BCUT2D eigenvalue weighted by molar-refractivity contribution is 4.72. The summed E-state index contributed by atoms with van der Waals surface area (Å²) in [5, 5.41) is 0. The van der Waals surface area contributed by atoms with Crippen LogP contribution >= 0.6 is 0 Å². The average molecular weight is 114 g/mol. The zero-order chi connectivity index (χ0) is 6.78. The zero-order valence-electron chi connectivity index (χ0n) is 6.36. The minimum atomic E-state index is 0.198. The van der Waals surface area contributed by atoms with E-state index in [1.54, 1.807) is 0 Å². The Kier molecular flexibility index (Phi) is 2.48. The van der Waals surface area contributed by atoms with Crippen molar-refractivity contribution in [3.8, 4) is 0 Å². The van der Waals surface area contributed by atoms with Crippen LogP contribution in [0.3, 0.4) is 0 Å². The number of hydrogen-bond acceptors (Lipinski definition) is 1. The second kappa shape index (κ2) is 2.49. The quantitative estimate of drug-likeness (QED) is 0.524. The third kappa shape index (κ3) is 5.96. The zero-order valence-corrected chi connectivity index (χ0v) is 6.36. The molecule has 0 aliphatic rings. The molecule has 0 heterocycles. The SMILES string of the molecule is [CH2]C(C)(C)CN(C)C. The molecule has 1 nitrogen and oxygen atoms in total. The van der Waals surface area contributed by atoms with Crippen molar-refractivity contribution in [2.24, 2.45) is 5.41 Å². The predicted molar refractivity (Wildman–Crippen MR) is 37.7 cm³/mol. The van der Waals surface area contributed by atoms with E-state index in [4.69, 9.17) is 0 Å². The Morgan fingerprint density at radius 2 is 1.75 bits per heavy atom. The smallest absolute Gasteiger partial charge is 0.00266 e. The van der Waals surface area contributed by atoms with E-state index in [9.17, 15) is 0 Å². The van der Waals surface area contributed by atoms with Gasteiger partial charge in [0.05, 0.1) is 0 Å². The summed E-state index contributed by atoms with van der Waals surface area (Å²) in [6.45, 7) is 9.28. The van der Waals surface area contributed by atoms with Crippen molar-refractivity contribution in [2.75, 3.05) is 20.6 Å². The molecule has 0 aromatic rings. The summed E-state index contributed by atoms with van der Waals surface area (Å²) < 4.78 is 0. The van der Waals surface area contributed by atoms with Gasteiger partial charge in [0, 0.05) is 6.54 Å². The van der Waals surface area contributed by atoms with Crippen LogP contribution in [0.4, 0.5) is 0 Å². The first-order chi connectivity index (χ1) is 3.42. The molecule has 0 amide bonds. The molecule has 0 spiro atoms. The van der Waals surface area contributed by atoms with E-state index in [1.165, 1.54) is 0 Å². The van der Waals surface area contributed by atoms with E-state index < -0.39 is 0 Å². The van der Waals surface area contributed by atoms with Crippen LogP contribution in [0.1, 0.15) is 13.8 Å². The summed E-state index contributed by atoms with van der Waals surface area (Å²) in [5.41, 5.74) is 0.198. The molecular weight excluding hydrogens is 98.1 g/mol. The van der Waals surface area contributed by atoms with Gasteiger partial charge in [0.1, 0.15) is 0 Å². The van der Waals surface area contributed by atoms with Crippen LogP contribution in [0.25, 0.3) is 0 Å². The van der Waals surface area contributed by atoms with Crippen LogP contribution in [-0.2, 0) is 0 Å². The van der Waals surface area contributed by atoms with Crippen molar-refractivity contribution in [3.63, 3.8) is 0 Å². The van der Waals surface area contributed by atoms with Gasteiger partial charge in [-0.05, 0) is 26.4 Å². The third-order valence-electron chi connectivity index (χ3n) is 0.744. The van der Waals surface area contributed by atoms with E-state index in [0.29, 0.717) is 0 Å². The summed E-state index contributed by atoms with van der Waals surface area (Å²) in [6, 6.07) is 0. The second-order valence-electron chi connectivity index (χ2n) is 3.40. The highest BCUT2D eigenvalue weighted by Crippen LogP contribution is 2.11. The molecule has 0 bridgehead atoms. The van der Waals surface area contributed by atoms with Crippen molar-refractivity contribution in [3.05, 3.63) is 6.92 Å². The van der Waals surface area contributed by atoms with Crippen LogP contribution in [0.2, 0.25) is 0 Å². The van der Waals surface area contributed by atoms with E-state index in [-0.39, 0.29) is 5.41 Å². The first-order valence-electron chi connectivity index (χ1n) is 2.92. The molecule has 0 rings (SSSR count). The maximum absolute atomic E-state index is 3.97. The van der Waals surface area contributed by atoms with Gasteiger partial charge in [-0.15, -0.1) is 0 Å². The van der Waals surface area contributed by atoms with E-state index in [0.717, 1.165) is 6.54 Å². The van der Waals surface area contributed by atoms with Crippen molar-refractivity contribution in [1.82, 2.24) is 4.90 Å². The van der Waals surface area contributed by atoms with Crippen molar-refractivity contribution in [2.45, 2.75) is 13.8 Å². The summed E-state index contributed by atoms with van der Waals surface area (Å²) in [7, 11) is 4.12. The lowest BCUT2D eigenvalue weighted by atomic mass is 9.97. The van der Waals surface area contributed by atoms with Crippen molar-refractivity contribution >= 4 is 0 Å². The van der Waals surface area contributed by atoms with Crippen LogP contribution in [0.5, 0.6) is 0 Å². The van der Waals surface area contributed by atoms with Gasteiger partial charge in [0.15, 0.2) is 0 Å². The Bertz CT molecular complexity index is 59.3. The minimum absolute atomic E-state index is 0.198. The van der Waals surface area contributed by atoms with Gasteiger partial charge in [0.2, 0.25) is 0 Å². The molecule has 0 aliphatic heterocycles. The molecule has 0 atom stereocenters. The Morgan fingerprint density at radius 1 is 1.38 bits per heavy atom. The maximum atomic E-state index is 3.97. The molecule has 0 unspecified atom stereocenters. The highest BCUT2D eigenvalue weighted by atomic mass is 15.1. The number of hydrogen-bond donors (Lipinski definition) is 0. The Labute approximate surface area is 52.7 Å². The Morgan fingerprint density at radius 3 is 1.75 bits per heavy atom. The molecule has 0 fully saturated rings. The summed E-state index contributed by atoms with van der Waals surface area (Å²) >= 11 is 0. The molecule has 0 saturated carbocycles. The van der Waals surface area contributed by atoms with Gasteiger partial charge in [-0.3, -0.25) is 0 Å². The predicted octanol–water partition coefficient (Wildman–Crippen LogP) is 1.41. The monoisotopic (exact) mass is 114 g/mol. The van der Waals surface area contributed by atoms with E-state index >= 15 is 0 Å². The van der Waals surface area contributed by atoms with Gasteiger partial charge in [-0.25, -0.2) is 0 Å². The molecule has 0 aromatic carbocycles. The van der Waals surface area contributed by atoms with Crippen molar-refractivity contribution in [1.29, 1.82) is 0 Å². The van der Waals surface area contributed by atoms with Crippen LogP contribution < -0.4 is 0 Å². The topological polar surface area (TPSA) is 3.24 Å². The molecule has 0 aliphatic carbocycles. The van der Waals surface area contributed by atoms with Gasteiger partial charge in [0.25, 0.3) is 0 Å². The summed E-state index contributed by atoms with van der Waals surface area (Å²) in [5.74, 6) is 0. The highest BCUT2D eigenvalue weighted by Gasteiger charge is 2.09. The van der Waals surface area contributed by atoms with Crippen molar-refractivity contribution < 1.29 is 0 Å². The molecular formula is C7H16N. The summed E-state index contributed by atoms with van der Waals surface area (Å²) in [6.07, 6.45) is 0. The Hall–Kier alpha value is -0.0400. The molecule has 0 N–H and O–H groups in total. The first-order valence-corrected chi connectivity index (χ1v) is 2.92. The minimum Gasteiger partial charge on any atom is -0.309 e. The van der Waals surface area contributed by atoms with Crippen LogP contribution in [0, 0.1) is 12.3 Å². The molecule has 1 heteroatoms. The van der Waals surface area contributed by atoms with Gasteiger partial charge >= 0.3 is 0 Å². The maximum Gasteiger partial charge on any atom is 0.00266 e. The largest absolute Gasteiger partial charge is 0.309 e. The fourth-order valence-corrected chi connectivity index (χ4v) is 0.856. The lowest BCUT2D eigenvalue weighted by molar-refractivity contribution is 0.290. The van der Waals surface area contributed by atoms with Gasteiger partial charge in [-0.1, -0.05) is 13.8 Å². The fourth-order valence-electron chi connectivity index (χ4n) is 0.856. The Balaban J connectivity index is 3.39. The summed E-state index contributed by atoms with van der Waals surface area (Å²) in [4.78, 5) is 2.15.